The van der Waals surface area contributed by atoms with Crippen LogP contribution in [0.1, 0.15) is 226 Å². The predicted octanol–water partition coefficient (Wildman–Crippen LogP) is 14.2. The third-order valence-corrected chi connectivity index (χ3v) is 9.19. The fourth-order valence-electron chi connectivity index (χ4n) is 5.87. The van der Waals surface area contributed by atoms with Gasteiger partial charge in [-0.3, -0.25) is 4.79 Å². The summed E-state index contributed by atoms with van der Waals surface area (Å²) in [4.78, 5) is 12.0. The highest BCUT2D eigenvalue weighted by Gasteiger charge is 2.03. The van der Waals surface area contributed by atoms with Gasteiger partial charge in [-0.05, 0) is 44.4 Å². The molecule has 0 aliphatic rings. The Balaban J connectivity index is 3.19. The summed E-state index contributed by atoms with van der Waals surface area (Å²) in [5.41, 5.74) is 0. The molecule has 0 aliphatic carbocycles. The lowest BCUT2D eigenvalue weighted by Crippen LogP contribution is -2.05. The van der Waals surface area contributed by atoms with Crippen molar-refractivity contribution in [2.75, 3.05) is 6.61 Å². The highest BCUT2D eigenvalue weighted by molar-refractivity contribution is 5.69. The van der Waals surface area contributed by atoms with Gasteiger partial charge in [-0.15, -0.1) is 0 Å². The fourth-order valence-corrected chi connectivity index (χ4v) is 5.87. The summed E-state index contributed by atoms with van der Waals surface area (Å²) in [5, 5.41) is 0. The van der Waals surface area contributed by atoms with Crippen LogP contribution in [-0.2, 0) is 9.53 Å². The molecule has 0 aromatic rings. The summed E-state index contributed by atoms with van der Waals surface area (Å²) in [6.45, 7) is 7.60. The first kappa shape index (κ1) is 41.2. The third-order valence-electron chi connectivity index (χ3n) is 9.19. The average Bonchev–Trinajstić information content (AvgIpc) is 3.00. The maximum atomic E-state index is 12.0. The Bertz CT molecular complexity index is 540. The minimum Gasteiger partial charge on any atom is -0.466 e. The van der Waals surface area contributed by atoms with Crippen LogP contribution in [-0.4, -0.2) is 12.6 Å². The average molecular weight is 591 g/mol. The van der Waals surface area contributed by atoms with Crippen molar-refractivity contribution in [1.29, 1.82) is 0 Å². The molecule has 0 aliphatic heterocycles. The lowest BCUT2D eigenvalue weighted by Gasteiger charge is -2.07. The number of allylic oxidation sites excluding steroid dienone is 2. The summed E-state index contributed by atoms with van der Waals surface area (Å²) < 4.78 is 5.45. The Kier molecular flexibility index (Phi) is 35.7. The molecule has 0 spiro atoms. The van der Waals surface area contributed by atoms with Crippen LogP contribution in [0.2, 0.25) is 0 Å². The van der Waals surface area contributed by atoms with Crippen LogP contribution in [0.4, 0.5) is 0 Å². The summed E-state index contributed by atoms with van der Waals surface area (Å²) in [6.07, 6.45) is 47.1. The number of esters is 1. The number of carbonyl (C=O) groups excluding carboxylic acids is 1. The van der Waals surface area contributed by atoms with E-state index in [0.29, 0.717) is 13.0 Å². The van der Waals surface area contributed by atoms with Crippen molar-refractivity contribution in [3.05, 3.63) is 12.2 Å². The first-order valence-electron chi connectivity index (χ1n) is 19.5. The Labute approximate surface area is 266 Å². The van der Waals surface area contributed by atoms with Crippen molar-refractivity contribution >= 4 is 5.97 Å². The van der Waals surface area contributed by atoms with Crippen LogP contribution < -0.4 is 0 Å². The van der Waals surface area contributed by atoms with Gasteiger partial charge < -0.3 is 4.74 Å². The largest absolute Gasteiger partial charge is 0.466 e. The molecule has 0 saturated heterocycles. The molecule has 0 amide bonds. The normalized spacial score (nSPS) is 12.4. The second kappa shape index (κ2) is 36.4. The number of ether oxygens (including phenoxy) is 1. The van der Waals surface area contributed by atoms with Crippen LogP contribution in [0, 0.1) is 5.92 Å². The molecule has 250 valence electrons. The minimum absolute atomic E-state index is 0.0247. The third kappa shape index (κ3) is 35.4. The van der Waals surface area contributed by atoms with Crippen molar-refractivity contribution < 1.29 is 9.53 Å². The van der Waals surface area contributed by atoms with Gasteiger partial charge in [0.15, 0.2) is 0 Å². The quantitative estimate of drug-likeness (QED) is 0.0417. The molecule has 0 fully saturated rings. The first-order chi connectivity index (χ1) is 20.7. The maximum absolute atomic E-state index is 12.0. The monoisotopic (exact) mass is 591 g/mol. The molecule has 0 aromatic heterocycles. The van der Waals surface area contributed by atoms with Gasteiger partial charge in [0.25, 0.3) is 0 Å². The topological polar surface area (TPSA) is 26.3 Å². The number of hydrogen-bond donors (Lipinski definition) is 0. The molecule has 0 rings (SSSR count). The van der Waals surface area contributed by atoms with Crippen LogP contribution in [0.3, 0.4) is 0 Å². The zero-order valence-electron chi connectivity index (χ0n) is 29.4. The molecule has 0 heterocycles. The van der Waals surface area contributed by atoms with Gasteiger partial charge in [0, 0.05) is 6.42 Å². The molecule has 0 N–H and O–H groups in total. The number of unbranched alkanes of at least 4 members (excludes halogenated alkanes) is 26. The summed E-state index contributed by atoms with van der Waals surface area (Å²) >= 11 is 0. The molecule has 1 unspecified atom stereocenters. The molecule has 0 radical (unpaired) electrons. The number of rotatable bonds is 35. The lowest BCUT2D eigenvalue weighted by molar-refractivity contribution is -0.143. The summed E-state index contributed by atoms with van der Waals surface area (Å²) in [5.74, 6) is 0.938. The summed E-state index contributed by atoms with van der Waals surface area (Å²) in [7, 11) is 0. The van der Waals surface area contributed by atoms with Crippen molar-refractivity contribution in [3.63, 3.8) is 0 Å². The zero-order chi connectivity index (χ0) is 30.6. The molecular weight excluding hydrogens is 512 g/mol. The Hall–Kier alpha value is -0.790. The number of hydrogen-bond acceptors (Lipinski definition) is 2. The van der Waals surface area contributed by atoms with Gasteiger partial charge in [0.05, 0.1) is 6.61 Å². The van der Waals surface area contributed by atoms with E-state index in [4.69, 9.17) is 4.74 Å². The van der Waals surface area contributed by atoms with Gasteiger partial charge in [-0.1, -0.05) is 193 Å². The number of carbonyl (C=O) groups is 1. The van der Waals surface area contributed by atoms with E-state index in [1.165, 1.54) is 186 Å². The van der Waals surface area contributed by atoms with Crippen molar-refractivity contribution in [3.8, 4) is 0 Å². The molecular formula is C40H78O2. The first-order valence-corrected chi connectivity index (χ1v) is 19.5. The molecule has 0 aromatic carbocycles. The van der Waals surface area contributed by atoms with Crippen LogP contribution in [0.15, 0.2) is 12.2 Å². The molecule has 1 atom stereocenters. The van der Waals surface area contributed by atoms with Gasteiger partial charge >= 0.3 is 5.97 Å². The van der Waals surface area contributed by atoms with E-state index in [2.05, 4.69) is 32.9 Å². The molecule has 2 nitrogen and oxygen atoms in total. The Morgan fingerprint density at radius 3 is 1.33 bits per heavy atom. The highest BCUT2D eigenvalue weighted by Crippen LogP contribution is 2.16. The zero-order valence-corrected chi connectivity index (χ0v) is 29.4. The Morgan fingerprint density at radius 1 is 0.500 bits per heavy atom. The lowest BCUT2D eigenvalue weighted by atomic mass is 9.99. The molecule has 2 heteroatoms. The fraction of sp³-hybridized carbons (Fsp3) is 0.925. The Morgan fingerprint density at radius 2 is 0.881 bits per heavy atom. The second-order valence-electron chi connectivity index (χ2n) is 13.5. The van der Waals surface area contributed by atoms with Crippen LogP contribution in [0.25, 0.3) is 0 Å². The van der Waals surface area contributed by atoms with Crippen molar-refractivity contribution in [2.45, 2.75) is 226 Å². The van der Waals surface area contributed by atoms with E-state index >= 15 is 0 Å². The van der Waals surface area contributed by atoms with E-state index in [9.17, 15) is 4.79 Å². The van der Waals surface area contributed by atoms with Gasteiger partial charge in [0.2, 0.25) is 0 Å². The predicted molar refractivity (Wildman–Crippen MR) is 188 cm³/mol. The summed E-state index contributed by atoms with van der Waals surface area (Å²) in [6, 6.07) is 0. The van der Waals surface area contributed by atoms with Gasteiger partial charge in [-0.25, -0.2) is 0 Å². The maximum Gasteiger partial charge on any atom is 0.305 e. The standard InChI is InChI=1S/C40H78O2/c1-4-6-7-8-9-10-11-12-13-14-15-16-17-18-19-20-21-25-28-31-34-37-40(41)42-38-35-32-29-26-23-22-24-27-30-33-36-39(3)5-2/h12-13,39H,4-11,14-38H2,1-3H3/b13-12+. The van der Waals surface area contributed by atoms with Crippen LogP contribution >= 0.6 is 0 Å². The highest BCUT2D eigenvalue weighted by atomic mass is 16.5. The van der Waals surface area contributed by atoms with Crippen molar-refractivity contribution in [2.24, 2.45) is 5.92 Å². The van der Waals surface area contributed by atoms with E-state index in [1.807, 2.05) is 0 Å². The van der Waals surface area contributed by atoms with E-state index in [-0.39, 0.29) is 5.97 Å². The van der Waals surface area contributed by atoms with E-state index < -0.39 is 0 Å². The SMILES string of the molecule is CCCCCCCC/C=C/CCCCCCCCCCCCCC(=O)OCCCCCCCCCCCCC(C)CC. The van der Waals surface area contributed by atoms with Gasteiger partial charge in [0.1, 0.15) is 0 Å². The van der Waals surface area contributed by atoms with Crippen molar-refractivity contribution in [1.82, 2.24) is 0 Å². The molecule has 42 heavy (non-hydrogen) atoms. The molecule has 0 bridgehead atoms. The van der Waals surface area contributed by atoms with Gasteiger partial charge in [-0.2, -0.15) is 0 Å². The molecule has 0 saturated carbocycles. The smallest absolute Gasteiger partial charge is 0.305 e. The second-order valence-corrected chi connectivity index (χ2v) is 13.5. The van der Waals surface area contributed by atoms with E-state index in [0.717, 1.165) is 18.8 Å². The van der Waals surface area contributed by atoms with E-state index in [1.54, 1.807) is 0 Å². The van der Waals surface area contributed by atoms with Crippen LogP contribution in [0.5, 0.6) is 0 Å². The minimum atomic E-state index is 0.0247.